The molecule has 1 aromatic carbocycles. The number of hydrogen-bond donors (Lipinski definition) is 1. The van der Waals surface area contributed by atoms with Gasteiger partial charge in [0, 0.05) is 24.3 Å². The molecular weight excluding hydrogens is 216 g/mol. The standard InChI is InChI=1S/C13H18N2S/c1-16-8-4-7-15-12(10-14)9-11-5-2-3-6-13(11)15/h2-3,5-6,9H,4,7-8,10,14H2,1H3. The topological polar surface area (TPSA) is 30.9 Å². The van der Waals surface area contributed by atoms with E-state index in [2.05, 4.69) is 41.2 Å². The molecule has 0 atom stereocenters. The number of para-hydroxylation sites is 1. The first-order valence-corrected chi connectivity index (χ1v) is 7.02. The number of nitrogens with two attached hydrogens (primary N) is 1. The van der Waals surface area contributed by atoms with Crippen molar-refractivity contribution in [1.29, 1.82) is 0 Å². The van der Waals surface area contributed by atoms with Crippen LogP contribution in [0, 0.1) is 0 Å². The molecular formula is C13H18N2S. The van der Waals surface area contributed by atoms with E-state index in [0.29, 0.717) is 6.54 Å². The van der Waals surface area contributed by atoms with Crippen LogP contribution in [0.1, 0.15) is 12.1 Å². The number of rotatable bonds is 5. The second-order valence-corrected chi connectivity index (χ2v) is 4.88. The minimum atomic E-state index is 0.619. The molecule has 2 nitrogen and oxygen atoms in total. The van der Waals surface area contributed by atoms with Crippen LogP contribution in [0.5, 0.6) is 0 Å². The Bertz CT molecular complexity index is 462. The summed E-state index contributed by atoms with van der Waals surface area (Å²) in [6.45, 7) is 1.69. The first kappa shape index (κ1) is 11.6. The van der Waals surface area contributed by atoms with Crippen molar-refractivity contribution >= 4 is 22.7 Å². The normalized spacial score (nSPS) is 11.1. The number of fused-ring (bicyclic) bond motifs is 1. The lowest BCUT2D eigenvalue weighted by Crippen LogP contribution is -2.07. The van der Waals surface area contributed by atoms with Crippen LogP contribution in [0.2, 0.25) is 0 Å². The molecule has 0 amide bonds. The van der Waals surface area contributed by atoms with Crippen LogP contribution in [0.4, 0.5) is 0 Å². The summed E-state index contributed by atoms with van der Waals surface area (Å²) in [5, 5.41) is 1.30. The number of aromatic nitrogens is 1. The van der Waals surface area contributed by atoms with E-state index in [9.17, 15) is 0 Å². The summed E-state index contributed by atoms with van der Waals surface area (Å²) in [7, 11) is 0. The van der Waals surface area contributed by atoms with Crippen molar-refractivity contribution in [2.75, 3.05) is 12.0 Å². The monoisotopic (exact) mass is 234 g/mol. The van der Waals surface area contributed by atoms with Gasteiger partial charge in [0.1, 0.15) is 0 Å². The van der Waals surface area contributed by atoms with E-state index in [-0.39, 0.29) is 0 Å². The van der Waals surface area contributed by atoms with Gasteiger partial charge in [0.15, 0.2) is 0 Å². The van der Waals surface area contributed by atoms with E-state index in [1.165, 1.54) is 28.8 Å². The van der Waals surface area contributed by atoms with E-state index in [0.717, 1.165) is 6.54 Å². The Kier molecular flexibility index (Phi) is 3.91. The maximum atomic E-state index is 5.79. The molecule has 0 bridgehead atoms. The first-order valence-electron chi connectivity index (χ1n) is 5.63. The van der Waals surface area contributed by atoms with Crippen LogP contribution in [-0.2, 0) is 13.1 Å². The van der Waals surface area contributed by atoms with Crippen molar-refractivity contribution in [3.63, 3.8) is 0 Å². The van der Waals surface area contributed by atoms with E-state index < -0.39 is 0 Å². The van der Waals surface area contributed by atoms with Crippen LogP contribution < -0.4 is 5.73 Å². The molecule has 0 saturated carbocycles. The van der Waals surface area contributed by atoms with Gasteiger partial charge in [-0.15, -0.1) is 0 Å². The summed E-state index contributed by atoms with van der Waals surface area (Å²) in [4.78, 5) is 0. The Morgan fingerprint density at radius 2 is 2.12 bits per heavy atom. The van der Waals surface area contributed by atoms with Gasteiger partial charge in [-0.05, 0) is 35.9 Å². The Labute approximate surface area is 101 Å². The molecule has 0 aliphatic heterocycles. The Morgan fingerprint density at radius 1 is 1.31 bits per heavy atom. The molecule has 1 aromatic heterocycles. The van der Waals surface area contributed by atoms with Gasteiger partial charge in [-0.2, -0.15) is 11.8 Å². The molecule has 0 radical (unpaired) electrons. The first-order chi connectivity index (χ1) is 7.86. The molecule has 0 unspecified atom stereocenters. The fraction of sp³-hybridized carbons (Fsp3) is 0.385. The molecule has 3 heteroatoms. The van der Waals surface area contributed by atoms with Crippen molar-refractivity contribution in [2.45, 2.75) is 19.5 Å². The fourth-order valence-electron chi connectivity index (χ4n) is 2.07. The molecule has 16 heavy (non-hydrogen) atoms. The average Bonchev–Trinajstić information content (AvgIpc) is 2.68. The van der Waals surface area contributed by atoms with Crippen molar-refractivity contribution in [1.82, 2.24) is 4.57 Å². The zero-order chi connectivity index (χ0) is 11.4. The van der Waals surface area contributed by atoms with Crippen molar-refractivity contribution in [3.8, 4) is 0 Å². The van der Waals surface area contributed by atoms with Gasteiger partial charge in [-0.25, -0.2) is 0 Å². The number of nitrogens with zero attached hydrogens (tertiary/aromatic N) is 1. The Balaban J connectivity index is 2.32. The van der Waals surface area contributed by atoms with Gasteiger partial charge >= 0.3 is 0 Å². The lowest BCUT2D eigenvalue weighted by Gasteiger charge is -2.08. The second kappa shape index (κ2) is 5.41. The van der Waals surface area contributed by atoms with Gasteiger partial charge in [-0.3, -0.25) is 0 Å². The van der Waals surface area contributed by atoms with E-state index in [4.69, 9.17) is 5.73 Å². The van der Waals surface area contributed by atoms with Gasteiger partial charge in [0.2, 0.25) is 0 Å². The fourth-order valence-corrected chi connectivity index (χ4v) is 2.49. The highest BCUT2D eigenvalue weighted by molar-refractivity contribution is 7.98. The Morgan fingerprint density at radius 3 is 2.88 bits per heavy atom. The molecule has 2 aromatic rings. The summed E-state index contributed by atoms with van der Waals surface area (Å²) >= 11 is 1.90. The third-order valence-electron chi connectivity index (χ3n) is 2.84. The molecule has 0 aliphatic rings. The van der Waals surface area contributed by atoms with Gasteiger partial charge in [0.05, 0.1) is 0 Å². The number of benzene rings is 1. The highest BCUT2D eigenvalue weighted by atomic mass is 32.2. The number of aryl methyl sites for hydroxylation is 1. The summed E-state index contributed by atoms with van der Waals surface area (Å²) in [6.07, 6.45) is 3.35. The molecule has 0 spiro atoms. The van der Waals surface area contributed by atoms with E-state index >= 15 is 0 Å². The van der Waals surface area contributed by atoms with Crippen molar-refractivity contribution < 1.29 is 0 Å². The predicted molar refractivity (Wildman–Crippen MR) is 72.8 cm³/mol. The van der Waals surface area contributed by atoms with Crippen LogP contribution in [0.25, 0.3) is 10.9 Å². The quantitative estimate of drug-likeness (QED) is 0.806. The number of thioether (sulfide) groups is 1. The molecule has 0 aliphatic carbocycles. The highest BCUT2D eigenvalue weighted by Crippen LogP contribution is 2.20. The minimum Gasteiger partial charge on any atom is -0.343 e. The predicted octanol–water partition coefficient (Wildman–Crippen LogP) is 2.85. The maximum Gasteiger partial charge on any atom is 0.0482 e. The van der Waals surface area contributed by atoms with Crippen LogP contribution in [0.3, 0.4) is 0 Å². The van der Waals surface area contributed by atoms with E-state index in [1.807, 2.05) is 11.8 Å². The van der Waals surface area contributed by atoms with Crippen molar-refractivity contribution in [3.05, 3.63) is 36.0 Å². The van der Waals surface area contributed by atoms with Crippen LogP contribution in [-0.4, -0.2) is 16.6 Å². The lowest BCUT2D eigenvalue weighted by molar-refractivity contribution is 0.673. The zero-order valence-corrected chi connectivity index (χ0v) is 10.5. The third kappa shape index (κ3) is 2.25. The summed E-state index contributed by atoms with van der Waals surface area (Å²) in [5.74, 6) is 1.20. The average molecular weight is 234 g/mol. The molecule has 2 N–H and O–H groups in total. The van der Waals surface area contributed by atoms with Gasteiger partial charge < -0.3 is 10.3 Å². The van der Waals surface area contributed by atoms with Gasteiger partial charge in [0.25, 0.3) is 0 Å². The minimum absolute atomic E-state index is 0.619. The zero-order valence-electron chi connectivity index (χ0n) is 9.65. The highest BCUT2D eigenvalue weighted by Gasteiger charge is 2.06. The maximum absolute atomic E-state index is 5.79. The number of hydrogen-bond acceptors (Lipinski definition) is 2. The summed E-state index contributed by atoms with van der Waals surface area (Å²) in [6, 6.07) is 10.7. The van der Waals surface area contributed by atoms with Crippen molar-refractivity contribution in [2.24, 2.45) is 5.73 Å². The smallest absolute Gasteiger partial charge is 0.0482 e. The molecule has 86 valence electrons. The van der Waals surface area contributed by atoms with Crippen LogP contribution >= 0.6 is 11.8 Å². The van der Waals surface area contributed by atoms with E-state index in [1.54, 1.807) is 0 Å². The molecule has 0 saturated heterocycles. The molecule has 2 rings (SSSR count). The van der Waals surface area contributed by atoms with Gasteiger partial charge in [-0.1, -0.05) is 18.2 Å². The van der Waals surface area contributed by atoms with Crippen LogP contribution in [0.15, 0.2) is 30.3 Å². The molecule has 0 fully saturated rings. The lowest BCUT2D eigenvalue weighted by atomic mass is 10.2. The third-order valence-corrected chi connectivity index (χ3v) is 3.53. The molecule has 1 heterocycles. The second-order valence-electron chi connectivity index (χ2n) is 3.90. The SMILES string of the molecule is CSCCCn1c(CN)cc2ccccc21. The Hall–Kier alpha value is -0.930. The largest absolute Gasteiger partial charge is 0.343 e. The summed E-state index contributed by atoms with van der Waals surface area (Å²) in [5.41, 5.74) is 8.34. The summed E-state index contributed by atoms with van der Waals surface area (Å²) < 4.78 is 2.35.